The van der Waals surface area contributed by atoms with E-state index in [0.29, 0.717) is 17.8 Å². The number of carbonyl (C=O) groups excluding carboxylic acids is 2. The Hall–Kier alpha value is -3.40. The molecule has 0 aliphatic rings. The lowest BCUT2D eigenvalue weighted by molar-refractivity contribution is 0.101. The maximum atomic E-state index is 12.4. The minimum absolute atomic E-state index is 0.0349. The summed E-state index contributed by atoms with van der Waals surface area (Å²) in [5.41, 5.74) is 3.44. The fourth-order valence-corrected chi connectivity index (χ4v) is 2.98. The van der Waals surface area contributed by atoms with E-state index in [0.717, 1.165) is 11.1 Å². The highest BCUT2D eigenvalue weighted by Crippen LogP contribution is 2.23. The normalized spacial score (nSPS) is 10.4. The summed E-state index contributed by atoms with van der Waals surface area (Å²) in [4.78, 5) is 23.8. The number of benzene rings is 3. The minimum atomic E-state index is -0.299. The van der Waals surface area contributed by atoms with E-state index in [2.05, 4.69) is 34.9 Å². The average Bonchev–Trinajstić information content (AvgIpc) is 2.70. The molecule has 136 valence electrons. The standard InChI is InChI=1S/C23H22N2O2/c1-17(26)20-13-8-14-21(15-20)25-23(27)24-16-22(18-9-4-2-5-10-18)19-11-6-3-7-12-19/h2-15,22H,16H2,1H3,(H2,24,25,27). The van der Waals surface area contributed by atoms with Gasteiger partial charge in [-0.1, -0.05) is 72.8 Å². The summed E-state index contributed by atoms with van der Waals surface area (Å²) < 4.78 is 0. The van der Waals surface area contributed by atoms with Crippen molar-refractivity contribution in [2.75, 3.05) is 11.9 Å². The molecule has 4 nitrogen and oxygen atoms in total. The molecule has 2 amide bonds. The van der Waals surface area contributed by atoms with Crippen LogP contribution in [0.5, 0.6) is 0 Å². The van der Waals surface area contributed by atoms with Crippen molar-refractivity contribution in [3.8, 4) is 0 Å². The lowest BCUT2D eigenvalue weighted by atomic mass is 9.91. The van der Waals surface area contributed by atoms with Gasteiger partial charge >= 0.3 is 6.03 Å². The van der Waals surface area contributed by atoms with Crippen molar-refractivity contribution in [3.05, 3.63) is 102 Å². The molecule has 2 N–H and O–H groups in total. The Labute approximate surface area is 159 Å². The summed E-state index contributed by atoms with van der Waals surface area (Å²) in [6.07, 6.45) is 0. The van der Waals surface area contributed by atoms with Crippen LogP contribution in [-0.4, -0.2) is 18.4 Å². The van der Waals surface area contributed by atoms with Crippen LogP contribution in [0.1, 0.15) is 34.3 Å². The van der Waals surface area contributed by atoms with Crippen molar-refractivity contribution < 1.29 is 9.59 Å². The van der Waals surface area contributed by atoms with Gasteiger partial charge in [-0.3, -0.25) is 4.79 Å². The van der Waals surface area contributed by atoms with Crippen molar-refractivity contribution in [2.45, 2.75) is 12.8 Å². The van der Waals surface area contributed by atoms with E-state index in [1.54, 1.807) is 24.3 Å². The second-order valence-corrected chi connectivity index (χ2v) is 6.35. The largest absolute Gasteiger partial charge is 0.337 e. The third-order valence-corrected chi connectivity index (χ3v) is 4.40. The maximum Gasteiger partial charge on any atom is 0.319 e. The number of hydrogen-bond donors (Lipinski definition) is 2. The van der Waals surface area contributed by atoms with Crippen LogP contribution in [0.4, 0.5) is 10.5 Å². The van der Waals surface area contributed by atoms with Gasteiger partial charge in [-0.25, -0.2) is 4.79 Å². The molecule has 27 heavy (non-hydrogen) atoms. The first kappa shape index (κ1) is 18.4. The first-order chi connectivity index (χ1) is 13.1. The monoisotopic (exact) mass is 358 g/mol. The molecule has 0 atom stereocenters. The average molecular weight is 358 g/mol. The van der Waals surface area contributed by atoms with Crippen molar-refractivity contribution in [2.24, 2.45) is 0 Å². The van der Waals surface area contributed by atoms with Crippen LogP contribution >= 0.6 is 0 Å². The van der Waals surface area contributed by atoms with Crippen LogP contribution < -0.4 is 10.6 Å². The lowest BCUT2D eigenvalue weighted by Gasteiger charge is -2.19. The summed E-state index contributed by atoms with van der Waals surface area (Å²) in [6, 6.07) is 26.8. The fraction of sp³-hybridized carbons (Fsp3) is 0.130. The molecule has 0 radical (unpaired) electrons. The van der Waals surface area contributed by atoms with Crippen LogP contribution in [0.2, 0.25) is 0 Å². The Morgan fingerprint density at radius 2 is 1.41 bits per heavy atom. The molecule has 0 aliphatic heterocycles. The Morgan fingerprint density at radius 1 is 0.815 bits per heavy atom. The highest BCUT2D eigenvalue weighted by molar-refractivity contribution is 5.96. The lowest BCUT2D eigenvalue weighted by Crippen LogP contribution is -2.32. The zero-order chi connectivity index (χ0) is 19.1. The molecule has 3 aromatic rings. The summed E-state index contributed by atoms with van der Waals surface area (Å²) in [7, 11) is 0. The van der Waals surface area contributed by atoms with Gasteiger partial charge in [0.05, 0.1) is 0 Å². The van der Waals surface area contributed by atoms with E-state index in [1.165, 1.54) is 6.92 Å². The summed E-state index contributed by atoms with van der Waals surface area (Å²) in [5, 5.41) is 5.74. The van der Waals surface area contributed by atoms with Crippen LogP contribution in [0.3, 0.4) is 0 Å². The van der Waals surface area contributed by atoms with E-state index in [9.17, 15) is 9.59 Å². The zero-order valence-corrected chi connectivity index (χ0v) is 15.2. The van der Waals surface area contributed by atoms with Crippen LogP contribution in [0.15, 0.2) is 84.9 Å². The molecule has 0 saturated carbocycles. The second kappa shape index (κ2) is 8.81. The SMILES string of the molecule is CC(=O)c1cccc(NC(=O)NCC(c2ccccc2)c2ccccc2)c1. The molecule has 0 fully saturated rings. The van der Waals surface area contributed by atoms with Crippen molar-refractivity contribution >= 4 is 17.5 Å². The molecule has 0 aliphatic carbocycles. The van der Waals surface area contributed by atoms with E-state index < -0.39 is 0 Å². The van der Waals surface area contributed by atoms with Gasteiger partial charge < -0.3 is 10.6 Å². The molecular weight excluding hydrogens is 336 g/mol. The first-order valence-corrected chi connectivity index (χ1v) is 8.89. The van der Waals surface area contributed by atoms with Gasteiger partial charge in [-0.15, -0.1) is 0 Å². The summed E-state index contributed by atoms with van der Waals surface area (Å²) in [6.45, 7) is 1.97. The Bertz CT molecular complexity index is 868. The third kappa shape index (κ3) is 5.05. The molecule has 0 saturated heterocycles. The highest BCUT2D eigenvalue weighted by atomic mass is 16.2. The van der Waals surface area contributed by atoms with Gasteiger partial charge in [-0.05, 0) is 30.2 Å². The summed E-state index contributed by atoms with van der Waals surface area (Å²) >= 11 is 0. The van der Waals surface area contributed by atoms with Crippen molar-refractivity contribution in [1.29, 1.82) is 0 Å². The maximum absolute atomic E-state index is 12.4. The van der Waals surface area contributed by atoms with Gasteiger partial charge in [0.1, 0.15) is 0 Å². The minimum Gasteiger partial charge on any atom is -0.337 e. The third-order valence-electron chi connectivity index (χ3n) is 4.40. The van der Waals surface area contributed by atoms with Gasteiger partial charge in [0.2, 0.25) is 0 Å². The molecule has 0 bridgehead atoms. The predicted octanol–water partition coefficient (Wildman–Crippen LogP) is 4.84. The second-order valence-electron chi connectivity index (χ2n) is 6.35. The van der Waals surface area contributed by atoms with E-state index in [-0.39, 0.29) is 17.7 Å². The van der Waals surface area contributed by atoms with Gasteiger partial charge in [-0.2, -0.15) is 0 Å². The number of Topliss-reactive ketones (excluding diaryl/α,β-unsaturated/α-hetero) is 1. The molecule has 3 aromatic carbocycles. The Kier molecular flexibility index (Phi) is 6.00. The number of amides is 2. The smallest absolute Gasteiger partial charge is 0.319 e. The number of anilines is 1. The zero-order valence-electron chi connectivity index (χ0n) is 15.2. The number of hydrogen-bond acceptors (Lipinski definition) is 2. The van der Waals surface area contributed by atoms with Crippen molar-refractivity contribution in [1.82, 2.24) is 5.32 Å². The quantitative estimate of drug-likeness (QED) is 0.619. The van der Waals surface area contributed by atoms with Crippen LogP contribution in [0, 0.1) is 0 Å². The number of rotatable bonds is 6. The number of nitrogens with one attached hydrogen (secondary N) is 2. The molecule has 4 heteroatoms. The number of ketones is 1. The molecule has 3 rings (SSSR count). The van der Waals surface area contributed by atoms with Gasteiger partial charge in [0.15, 0.2) is 5.78 Å². The molecule has 0 spiro atoms. The number of urea groups is 1. The highest BCUT2D eigenvalue weighted by Gasteiger charge is 2.15. The van der Waals surface area contributed by atoms with Gasteiger partial charge in [0.25, 0.3) is 0 Å². The predicted molar refractivity (Wildman–Crippen MR) is 108 cm³/mol. The van der Waals surface area contributed by atoms with Crippen LogP contribution in [-0.2, 0) is 0 Å². The van der Waals surface area contributed by atoms with Crippen molar-refractivity contribution in [3.63, 3.8) is 0 Å². The van der Waals surface area contributed by atoms with E-state index in [1.807, 2.05) is 36.4 Å². The Balaban J connectivity index is 1.69. The molecule has 0 aromatic heterocycles. The van der Waals surface area contributed by atoms with E-state index in [4.69, 9.17) is 0 Å². The summed E-state index contributed by atoms with van der Waals surface area (Å²) in [5.74, 6) is 0.0222. The molecular formula is C23H22N2O2. The van der Waals surface area contributed by atoms with Gasteiger partial charge in [0, 0.05) is 23.7 Å². The Morgan fingerprint density at radius 3 is 1.96 bits per heavy atom. The number of carbonyl (C=O) groups is 2. The first-order valence-electron chi connectivity index (χ1n) is 8.89. The topological polar surface area (TPSA) is 58.2 Å². The fourth-order valence-electron chi connectivity index (χ4n) is 2.98. The molecule has 0 heterocycles. The van der Waals surface area contributed by atoms with E-state index >= 15 is 0 Å². The molecule has 0 unspecified atom stereocenters. The van der Waals surface area contributed by atoms with Crippen LogP contribution in [0.25, 0.3) is 0 Å².